The maximum atomic E-state index is 12.8. The molecule has 7 heteroatoms. The monoisotopic (exact) mass is 397 g/mol. The van der Waals surface area contributed by atoms with Gasteiger partial charge in [-0.2, -0.15) is 9.57 Å². The number of hydrogen-bond donors (Lipinski definition) is 0. The largest absolute Gasteiger partial charge is 0.301 e. The summed E-state index contributed by atoms with van der Waals surface area (Å²) in [5, 5.41) is 9.18. The Kier molecular flexibility index (Phi) is 6.57. The van der Waals surface area contributed by atoms with Gasteiger partial charge in [0.05, 0.1) is 10.5 Å². The van der Waals surface area contributed by atoms with Crippen LogP contribution in [0, 0.1) is 11.3 Å². The van der Waals surface area contributed by atoms with Crippen LogP contribution in [0.3, 0.4) is 0 Å². The van der Waals surface area contributed by atoms with E-state index in [1.54, 1.807) is 12.1 Å². The summed E-state index contributed by atoms with van der Waals surface area (Å²) in [5.41, 5.74) is 0.902. The Morgan fingerprint density at radius 1 is 0.964 bits per heavy atom. The second kappa shape index (κ2) is 9.11. The molecule has 0 saturated carbocycles. The van der Waals surface area contributed by atoms with E-state index >= 15 is 0 Å². The van der Waals surface area contributed by atoms with Crippen LogP contribution in [-0.4, -0.2) is 56.1 Å². The van der Waals surface area contributed by atoms with Crippen molar-refractivity contribution < 1.29 is 13.2 Å². The quantitative estimate of drug-likeness (QED) is 0.671. The Hall–Kier alpha value is -2.53. The number of benzene rings is 2. The molecule has 1 aliphatic heterocycles. The maximum absolute atomic E-state index is 12.8. The molecule has 28 heavy (non-hydrogen) atoms. The lowest BCUT2D eigenvalue weighted by atomic mass is 10.1. The van der Waals surface area contributed by atoms with E-state index in [2.05, 4.69) is 4.90 Å². The van der Waals surface area contributed by atoms with Crippen LogP contribution in [-0.2, 0) is 10.0 Å². The second-order valence-corrected chi connectivity index (χ2v) is 8.65. The van der Waals surface area contributed by atoms with Crippen molar-refractivity contribution in [1.29, 1.82) is 5.26 Å². The molecule has 1 saturated heterocycles. The number of nitrogens with zero attached hydrogens (tertiary/aromatic N) is 3. The van der Waals surface area contributed by atoms with Crippen molar-refractivity contribution in [2.45, 2.75) is 17.7 Å². The normalized spacial score (nSPS) is 15.8. The molecule has 0 atom stereocenters. The molecule has 6 nitrogen and oxygen atoms in total. The summed E-state index contributed by atoms with van der Waals surface area (Å²) < 4.78 is 27.1. The molecule has 146 valence electrons. The zero-order valence-electron chi connectivity index (χ0n) is 15.6. The van der Waals surface area contributed by atoms with Crippen molar-refractivity contribution >= 4 is 15.8 Å². The van der Waals surface area contributed by atoms with Gasteiger partial charge in [-0.05, 0) is 25.1 Å². The summed E-state index contributed by atoms with van der Waals surface area (Å²) in [4.78, 5) is 14.4. The van der Waals surface area contributed by atoms with Gasteiger partial charge < -0.3 is 4.90 Å². The predicted molar refractivity (Wildman–Crippen MR) is 106 cm³/mol. The van der Waals surface area contributed by atoms with Crippen LogP contribution >= 0.6 is 0 Å². The van der Waals surface area contributed by atoms with Crippen LogP contribution in [0.1, 0.15) is 28.8 Å². The third kappa shape index (κ3) is 4.65. The zero-order chi connectivity index (χ0) is 20.0. The summed E-state index contributed by atoms with van der Waals surface area (Å²) in [6.07, 6.45) is 1.23. The highest BCUT2D eigenvalue weighted by Crippen LogP contribution is 2.21. The minimum Gasteiger partial charge on any atom is -0.301 e. The van der Waals surface area contributed by atoms with Gasteiger partial charge in [-0.25, -0.2) is 8.42 Å². The number of sulfonamides is 1. The highest BCUT2D eigenvalue weighted by atomic mass is 32.2. The highest BCUT2D eigenvalue weighted by Gasteiger charge is 2.30. The number of piperazine rings is 1. The first-order valence-electron chi connectivity index (χ1n) is 9.32. The minimum absolute atomic E-state index is 0.0689. The molecule has 3 rings (SSSR count). The number of ketones is 1. The molecule has 1 fully saturated rings. The average Bonchev–Trinajstić information content (AvgIpc) is 2.74. The lowest BCUT2D eigenvalue weighted by molar-refractivity contribution is 0.0971. The van der Waals surface area contributed by atoms with E-state index in [1.807, 2.05) is 36.4 Å². The van der Waals surface area contributed by atoms with Gasteiger partial charge >= 0.3 is 0 Å². The number of nitriles is 1. The minimum atomic E-state index is -3.67. The average molecular weight is 398 g/mol. The first kappa shape index (κ1) is 20.2. The van der Waals surface area contributed by atoms with Crippen molar-refractivity contribution in [2.24, 2.45) is 0 Å². The Morgan fingerprint density at radius 3 is 2.29 bits per heavy atom. The molecule has 2 aromatic rings. The van der Waals surface area contributed by atoms with Gasteiger partial charge in [-0.3, -0.25) is 4.79 Å². The molecular weight excluding hydrogens is 374 g/mol. The maximum Gasteiger partial charge on any atom is 0.244 e. The molecule has 2 aromatic carbocycles. The lowest BCUT2D eigenvalue weighted by Gasteiger charge is -2.34. The number of hydrogen-bond acceptors (Lipinski definition) is 5. The fourth-order valence-electron chi connectivity index (χ4n) is 3.35. The van der Waals surface area contributed by atoms with Crippen LogP contribution in [0.5, 0.6) is 0 Å². The molecule has 0 spiro atoms. The van der Waals surface area contributed by atoms with Gasteiger partial charge in [0.2, 0.25) is 10.0 Å². The molecule has 0 unspecified atom stereocenters. The van der Waals surface area contributed by atoms with Crippen LogP contribution in [0.15, 0.2) is 59.5 Å². The summed E-state index contributed by atoms with van der Waals surface area (Å²) in [6.45, 7) is 2.77. The van der Waals surface area contributed by atoms with Crippen LogP contribution in [0.4, 0.5) is 0 Å². The molecule has 1 aliphatic rings. The highest BCUT2D eigenvalue weighted by molar-refractivity contribution is 7.89. The zero-order valence-corrected chi connectivity index (χ0v) is 16.4. The first-order valence-corrected chi connectivity index (χ1v) is 10.8. The van der Waals surface area contributed by atoms with Crippen LogP contribution in [0.25, 0.3) is 0 Å². The molecule has 0 aromatic heterocycles. The molecular formula is C21H23N3O3S. The Morgan fingerprint density at radius 2 is 1.61 bits per heavy atom. The third-order valence-electron chi connectivity index (χ3n) is 4.93. The van der Waals surface area contributed by atoms with E-state index in [-0.39, 0.29) is 16.2 Å². The van der Waals surface area contributed by atoms with Crippen LogP contribution < -0.4 is 0 Å². The summed E-state index contributed by atoms with van der Waals surface area (Å²) >= 11 is 0. The standard InChI is InChI=1S/C21H23N3O3S/c22-17-19-9-4-5-11-21(19)28(26,27)24-15-13-23(14-16-24)12-6-10-20(25)18-7-2-1-3-8-18/h1-5,7-9,11H,6,10,12-16H2. The second-order valence-electron chi connectivity index (χ2n) is 6.75. The van der Waals surface area contributed by atoms with E-state index < -0.39 is 10.0 Å². The SMILES string of the molecule is N#Cc1ccccc1S(=O)(=O)N1CCN(CCCC(=O)c2ccccc2)CC1. The third-order valence-corrected chi connectivity index (χ3v) is 6.89. The molecule has 0 N–H and O–H groups in total. The smallest absolute Gasteiger partial charge is 0.244 e. The Labute approximate surface area is 166 Å². The first-order chi connectivity index (χ1) is 13.5. The van der Waals surface area contributed by atoms with Gasteiger partial charge in [-0.15, -0.1) is 0 Å². The van der Waals surface area contributed by atoms with E-state index in [0.717, 1.165) is 18.5 Å². The van der Waals surface area contributed by atoms with Crippen molar-refractivity contribution in [3.8, 4) is 6.07 Å². The van der Waals surface area contributed by atoms with Gasteiger partial charge in [-0.1, -0.05) is 42.5 Å². The van der Waals surface area contributed by atoms with E-state index in [1.165, 1.54) is 16.4 Å². The summed E-state index contributed by atoms with van der Waals surface area (Å²) in [7, 11) is -3.67. The predicted octanol–water partition coefficient (Wildman–Crippen LogP) is 2.53. The fourth-order valence-corrected chi connectivity index (χ4v) is 4.91. The van der Waals surface area contributed by atoms with E-state index in [9.17, 15) is 18.5 Å². The molecule has 0 aliphatic carbocycles. The lowest BCUT2D eigenvalue weighted by Crippen LogP contribution is -2.48. The van der Waals surface area contributed by atoms with Gasteiger partial charge in [0, 0.05) is 38.2 Å². The Bertz CT molecular complexity index is 960. The molecule has 1 heterocycles. The van der Waals surface area contributed by atoms with Crippen molar-refractivity contribution in [3.63, 3.8) is 0 Å². The number of carbonyl (C=O) groups excluding carboxylic acids is 1. The van der Waals surface area contributed by atoms with Gasteiger partial charge in [0.25, 0.3) is 0 Å². The van der Waals surface area contributed by atoms with E-state index in [0.29, 0.717) is 32.6 Å². The Balaban J connectivity index is 1.51. The van der Waals surface area contributed by atoms with Gasteiger partial charge in [0.15, 0.2) is 5.78 Å². The van der Waals surface area contributed by atoms with Crippen molar-refractivity contribution in [1.82, 2.24) is 9.21 Å². The number of Topliss-reactive ketones (excluding diaryl/α,β-unsaturated/α-hetero) is 1. The number of carbonyl (C=O) groups is 1. The topological polar surface area (TPSA) is 81.5 Å². The molecule has 0 amide bonds. The summed E-state index contributed by atoms with van der Waals surface area (Å²) in [5.74, 6) is 0.134. The number of rotatable bonds is 7. The fraction of sp³-hybridized carbons (Fsp3) is 0.333. The van der Waals surface area contributed by atoms with Crippen molar-refractivity contribution in [3.05, 3.63) is 65.7 Å². The van der Waals surface area contributed by atoms with Gasteiger partial charge in [0.1, 0.15) is 6.07 Å². The summed E-state index contributed by atoms with van der Waals surface area (Å²) in [6, 6.07) is 17.5. The van der Waals surface area contributed by atoms with E-state index in [4.69, 9.17) is 0 Å². The van der Waals surface area contributed by atoms with Crippen molar-refractivity contribution in [2.75, 3.05) is 32.7 Å². The molecule has 0 radical (unpaired) electrons. The molecule has 0 bridgehead atoms. The van der Waals surface area contributed by atoms with Crippen LogP contribution in [0.2, 0.25) is 0 Å².